The van der Waals surface area contributed by atoms with Crippen molar-refractivity contribution in [3.8, 4) is 22.5 Å². The van der Waals surface area contributed by atoms with Crippen molar-refractivity contribution in [3.63, 3.8) is 0 Å². The normalized spacial score (nSPS) is 11.2. The highest BCUT2D eigenvalue weighted by molar-refractivity contribution is 9.10. The summed E-state index contributed by atoms with van der Waals surface area (Å²) in [5.41, 5.74) is 6.41. The summed E-state index contributed by atoms with van der Waals surface area (Å²) < 4.78 is 8.14. The molecule has 0 spiro atoms. The van der Waals surface area contributed by atoms with Gasteiger partial charge in [-0.3, -0.25) is 4.79 Å². The summed E-state index contributed by atoms with van der Waals surface area (Å²) in [6, 6.07) is 18.4. The molecule has 0 aliphatic heterocycles. The number of aromatic amines is 1. The SMILES string of the molecule is CCCCc1nc2cc(Br)c(COC(C)=O)nc2n1Cc1ccc(-c2ccccc2-c2nn[nH]n2)cc1. The minimum absolute atomic E-state index is 0.107. The van der Waals surface area contributed by atoms with Crippen LogP contribution in [0.1, 0.15) is 43.8 Å². The van der Waals surface area contributed by atoms with Gasteiger partial charge in [-0.1, -0.05) is 61.9 Å². The molecule has 3 heterocycles. The fourth-order valence-corrected chi connectivity index (χ4v) is 4.67. The van der Waals surface area contributed by atoms with Crippen LogP contribution in [0.25, 0.3) is 33.7 Å². The van der Waals surface area contributed by atoms with E-state index in [9.17, 15) is 4.79 Å². The predicted octanol–water partition coefficient (Wildman–Crippen LogP) is 5.49. The molecular formula is C27H26BrN7O2. The number of halogens is 1. The number of benzene rings is 2. The van der Waals surface area contributed by atoms with Crippen molar-refractivity contribution in [2.24, 2.45) is 0 Å². The summed E-state index contributed by atoms with van der Waals surface area (Å²) in [5, 5.41) is 14.5. The van der Waals surface area contributed by atoms with Gasteiger partial charge in [0, 0.05) is 23.4 Å². The van der Waals surface area contributed by atoms with E-state index < -0.39 is 0 Å². The zero-order chi connectivity index (χ0) is 25.8. The Morgan fingerprint density at radius 3 is 2.57 bits per heavy atom. The van der Waals surface area contributed by atoms with Crippen LogP contribution >= 0.6 is 15.9 Å². The fourth-order valence-electron chi connectivity index (χ4n) is 4.25. The Labute approximate surface area is 222 Å². The van der Waals surface area contributed by atoms with Gasteiger partial charge < -0.3 is 9.30 Å². The minimum atomic E-state index is -0.341. The highest BCUT2D eigenvalue weighted by Crippen LogP contribution is 2.30. The van der Waals surface area contributed by atoms with E-state index in [0.717, 1.165) is 63.0 Å². The summed E-state index contributed by atoms with van der Waals surface area (Å²) in [7, 11) is 0. The van der Waals surface area contributed by atoms with Crippen molar-refractivity contribution >= 4 is 33.1 Å². The van der Waals surface area contributed by atoms with E-state index in [1.807, 2.05) is 24.3 Å². The van der Waals surface area contributed by atoms with Crippen molar-refractivity contribution in [2.45, 2.75) is 46.3 Å². The molecule has 0 aliphatic rings. The number of pyridine rings is 1. The van der Waals surface area contributed by atoms with Gasteiger partial charge in [0.1, 0.15) is 17.9 Å². The number of carbonyl (C=O) groups excluding carboxylic acids is 1. The molecular weight excluding hydrogens is 534 g/mol. The Kier molecular flexibility index (Phi) is 7.36. The number of carbonyl (C=O) groups is 1. The monoisotopic (exact) mass is 559 g/mol. The van der Waals surface area contributed by atoms with E-state index >= 15 is 0 Å². The van der Waals surface area contributed by atoms with Crippen molar-refractivity contribution in [1.29, 1.82) is 0 Å². The maximum Gasteiger partial charge on any atom is 0.303 e. The van der Waals surface area contributed by atoms with Gasteiger partial charge in [-0.25, -0.2) is 9.97 Å². The molecule has 2 aromatic carbocycles. The van der Waals surface area contributed by atoms with Gasteiger partial charge in [0.2, 0.25) is 5.82 Å². The fraction of sp³-hybridized carbons (Fsp3) is 0.259. The Hall–Kier alpha value is -3.92. The number of hydrogen-bond acceptors (Lipinski definition) is 7. The van der Waals surface area contributed by atoms with Crippen LogP contribution in [-0.4, -0.2) is 41.1 Å². The first-order chi connectivity index (χ1) is 18.0. The molecule has 9 nitrogen and oxygen atoms in total. The number of ether oxygens (including phenoxy) is 1. The van der Waals surface area contributed by atoms with Crippen LogP contribution < -0.4 is 0 Å². The smallest absolute Gasteiger partial charge is 0.303 e. The molecule has 0 saturated carbocycles. The van der Waals surface area contributed by atoms with Crippen molar-refractivity contribution in [3.05, 3.63) is 76.2 Å². The number of unbranched alkanes of at least 4 members (excludes halogenated alkanes) is 1. The van der Waals surface area contributed by atoms with Crippen LogP contribution in [0.5, 0.6) is 0 Å². The summed E-state index contributed by atoms with van der Waals surface area (Å²) in [4.78, 5) is 21.1. The molecule has 188 valence electrons. The summed E-state index contributed by atoms with van der Waals surface area (Å²) >= 11 is 3.55. The third kappa shape index (κ3) is 5.43. The Morgan fingerprint density at radius 2 is 1.86 bits per heavy atom. The number of fused-ring (bicyclic) bond motifs is 1. The lowest BCUT2D eigenvalue weighted by atomic mass is 9.98. The minimum Gasteiger partial charge on any atom is -0.459 e. The topological polar surface area (TPSA) is 111 Å². The van der Waals surface area contributed by atoms with Crippen molar-refractivity contribution in [2.75, 3.05) is 0 Å². The summed E-state index contributed by atoms with van der Waals surface area (Å²) in [6.07, 6.45) is 2.98. The average Bonchev–Trinajstić information content (AvgIpc) is 3.55. The Bertz CT molecular complexity index is 1530. The Morgan fingerprint density at radius 1 is 1.08 bits per heavy atom. The second-order valence-corrected chi connectivity index (χ2v) is 9.59. The summed E-state index contributed by atoms with van der Waals surface area (Å²) in [6.45, 7) is 4.30. The second-order valence-electron chi connectivity index (χ2n) is 8.74. The van der Waals surface area contributed by atoms with Gasteiger partial charge in [0.15, 0.2) is 5.65 Å². The zero-order valence-corrected chi connectivity index (χ0v) is 22.2. The standard InChI is InChI=1S/C27H26BrN7O2/c1-3-4-9-25-29-23-14-22(28)24(16-37-17(2)36)30-27(23)35(25)15-18-10-12-19(13-11-18)20-7-5-6-8-21(20)26-31-33-34-32-26/h5-8,10-14H,3-4,9,15-16H2,1-2H3,(H,31,32,33,34). The largest absolute Gasteiger partial charge is 0.459 e. The first kappa shape index (κ1) is 24.8. The number of tetrazole rings is 1. The number of nitrogens with one attached hydrogen (secondary N) is 1. The van der Waals surface area contributed by atoms with E-state index in [1.54, 1.807) is 0 Å². The van der Waals surface area contributed by atoms with E-state index in [-0.39, 0.29) is 12.6 Å². The molecule has 0 bridgehead atoms. The van der Waals surface area contributed by atoms with Crippen LogP contribution in [0, 0.1) is 0 Å². The first-order valence-electron chi connectivity index (χ1n) is 12.1. The van der Waals surface area contributed by atoms with E-state index in [2.05, 4.69) is 78.4 Å². The zero-order valence-electron chi connectivity index (χ0n) is 20.6. The predicted molar refractivity (Wildman–Crippen MR) is 143 cm³/mol. The molecule has 5 rings (SSSR count). The van der Waals surface area contributed by atoms with Gasteiger partial charge >= 0.3 is 5.97 Å². The van der Waals surface area contributed by atoms with E-state index in [0.29, 0.717) is 18.1 Å². The van der Waals surface area contributed by atoms with Crippen LogP contribution in [-0.2, 0) is 29.1 Å². The van der Waals surface area contributed by atoms with Crippen LogP contribution in [0.4, 0.5) is 0 Å². The number of nitrogens with zero attached hydrogens (tertiary/aromatic N) is 6. The van der Waals surface area contributed by atoms with Gasteiger partial charge in [-0.15, -0.1) is 10.2 Å². The molecule has 37 heavy (non-hydrogen) atoms. The number of aromatic nitrogens is 7. The first-order valence-corrected chi connectivity index (χ1v) is 12.9. The third-order valence-corrected chi connectivity index (χ3v) is 6.80. The molecule has 5 aromatic rings. The molecule has 0 atom stereocenters. The number of imidazole rings is 1. The molecule has 0 amide bonds. The van der Waals surface area contributed by atoms with Crippen molar-refractivity contribution < 1.29 is 9.53 Å². The number of aryl methyl sites for hydroxylation is 1. The van der Waals surface area contributed by atoms with Gasteiger partial charge in [0.25, 0.3) is 0 Å². The Balaban J connectivity index is 1.48. The van der Waals surface area contributed by atoms with Crippen LogP contribution in [0.3, 0.4) is 0 Å². The van der Waals surface area contributed by atoms with Gasteiger partial charge in [-0.2, -0.15) is 5.21 Å². The summed E-state index contributed by atoms with van der Waals surface area (Å²) in [5.74, 6) is 1.21. The van der Waals surface area contributed by atoms with Crippen LogP contribution in [0.2, 0.25) is 0 Å². The van der Waals surface area contributed by atoms with Gasteiger partial charge in [0.05, 0.1) is 12.2 Å². The maximum absolute atomic E-state index is 11.3. The molecule has 1 N–H and O–H groups in total. The maximum atomic E-state index is 11.3. The van der Waals surface area contributed by atoms with Gasteiger partial charge in [-0.05, 0) is 50.3 Å². The number of H-pyrrole nitrogens is 1. The quantitative estimate of drug-likeness (QED) is 0.237. The average molecular weight is 560 g/mol. The number of esters is 1. The highest BCUT2D eigenvalue weighted by Gasteiger charge is 2.16. The molecule has 0 radical (unpaired) electrons. The molecule has 3 aromatic heterocycles. The third-order valence-electron chi connectivity index (χ3n) is 6.11. The molecule has 0 unspecified atom stereocenters. The highest BCUT2D eigenvalue weighted by atomic mass is 79.9. The van der Waals surface area contributed by atoms with E-state index in [4.69, 9.17) is 14.7 Å². The molecule has 0 fully saturated rings. The molecule has 10 heteroatoms. The molecule has 0 aliphatic carbocycles. The lowest BCUT2D eigenvalue weighted by Crippen LogP contribution is -2.08. The lowest BCUT2D eigenvalue weighted by Gasteiger charge is -2.12. The number of hydrogen-bond donors (Lipinski definition) is 1. The van der Waals surface area contributed by atoms with Crippen molar-refractivity contribution in [1.82, 2.24) is 35.2 Å². The van der Waals surface area contributed by atoms with Crippen LogP contribution in [0.15, 0.2) is 59.1 Å². The second kappa shape index (κ2) is 11.0. The molecule has 0 saturated heterocycles. The lowest BCUT2D eigenvalue weighted by molar-refractivity contribution is -0.142. The van der Waals surface area contributed by atoms with E-state index in [1.165, 1.54) is 6.92 Å². The number of rotatable bonds is 9.